The van der Waals surface area contributed by atoms with E-state index in [0.29, 0.717) is 17.0 Å². The van der Waals surface area contributed by atoms with E-state index in [2.05, 4.69) is 42.5 Å². The molecule has 0 atom stereocenters. The van der Waals surface area contributed by atoms with E-state index in [1.807, 2.05) is 37.3 Å². The van der Waals surface area contributed by atoms with Gasteiger partial charge in [0.25, 0.3) is 11.8 Å². The summed E-state index contributed by atoms with van der Waals surface area (Å²) in [5, 5.41) is 5.74. The molecule has 0 saturated carbocycles. The number of amides is 2. The second-order valence-electron chi connectivity index (χ2n) is 8.67. The van der Waals surface area contributed by atoms with Crippen molar-refractivity contribution in [2.45, 2.75) is 39.7 Å². The molecule has 0 bridgehead atoms. The van der Waals surface area contributed by atoms with Gasteiger partial charge in [-0.1, -0.05) is 56.7 Å². The van der Waals surface area contributed by atoms with Gasteiger partial charge in [-0.05, 0) is 47.7 Å². The average Bonchev–Trinajstić information content (AvgIpc) is 2.77. The second kappa shape index (κ2) is 10.1. The molecular weight excluding hydrogens is 402 g/mol. The molecule has 2 N–H and O–H groups in total. The Kier molecular flexibility index (Phi) is 7.25. The number of pyridine rings is 1. The zero-order valence-electron chi connectivity index (χ0n) is 18.9. The molecule has 32 heavy (non-hydrogen) atoms. The normalized spacial score (nSPS) is 11.0. The lowest BCUT2D eigenvalue weighted by molar-refractivity contribution is -0.118. The number of carbonyl (C=O) groups excluding carboxylic acids is 2. The van der Waals surface area contributed by atoms with Crippen LogP contribution in [0.3, 0.4) is 0 Å². The molecule has 0 spiro atoms. The van der Waals surface area contributed by atoms with Gasteiger partial charge in [0.05, 0.1) is 5.56 Å². The third kappa shape index (κ3) is 6.17. The summed E-state index contributed by atoms with van der Waals surface area (Å²) in [7, 11) is 0. The molecule has 0 radical (unpaired) electrons. The molecule has 3 rings (SSSR count). The molecule has 0 aliphatic rings. The van der Waals surface area contributed by atoms with Crippen molar-refractivity contribution in [3.05, 3.63) is 89.2 Å². The third-order valence-corrected chi connectivity index (χ3v) is 4.96. The van der Waals surface area contributed by atoms with Gasteiger partial charge in [-0.2, -0.15) is 0 Å². The van der Waals surface area contributed by atoms with Crippen molar-refractivity contribution in [1.29, 1.82) is 0 Å². The third-order valence-electron chi connectivity index (χ3n) is 4.96. The van der Waals surface area contributed by atoms with Gasteiger partial charge in [-0.15, -0.1) is 0 Å². The highest BCUT2D eigenvalue weighted by atomic mass is 16.5. The maximum Gasteiger partial charge on any atom is 0.262 e. The summed E-state index contributed by atoms with van der Waals surface area (Å²) in [6.07, 6.45) is 3.13. The van der Waals surface area contributed by atoms with Crippen molar-refractivity contribution in [1.82, 2.24) is 10.3 Å². The van der Waals surface area contributed by atoms with Crippen LogP contribution in [0, 0.1) is 6.92 Å². The molecule has 0 aliphatic heterocycles. The first-order valence-corrected chi connectivity index (χ1v) is 10.5. The molecule has 6 heteroatoms. The highest BCUT2D eigenvalue weighted by molar-refractivity contribution is 5.94. The van der Waals surface area contributed by atoms with Crippen LogP contribution in [0.5, 0.6) is 5.75 Å². The number of anilines is 1. The van der Waals surface area contributed by atoms with Crippen molar-refractivity contribution in [2.75, 3.05) is 11.9 Å². The second-order valence-corrected chi connectivity index (χ2v) is 8.67. The van der Waals surface area contributed by atoms with Crippen molar-refractivity contribution in [3.63, 3.8) is 0 Å². The van der Waals surface area contributed by atoms with Crippen molar-refractivity contribution in [3.8, 4) is 5.75 Å². The Morgan fingerprint density at radius 1 is 1.03 bits per heavy atom. The van der Waals surface area contributed by atoms with Crippen molar-refractivity contribution < 1.29 is 14.3 Å². The predicted octanol–water partition coefficient (Wildman–Crippen LogP) is 4.64. The Hall–Kier alpha value is -3.67. The lowest BCUT2D eigenvalue weighted by Gasteiger charge is -2.23. The van der Waals surface area contributed by atoms with Crippen LogP contribution in [0.1, 0.15) is 47.8 Å². The molecular formula is C26H29N3O3. The zero-order valence-corrected chi connectivity index (χ0v) is 18.9. The fourth-order valence-corrected chi connectivity index (χ4v) is 3.26. The van der Waals surface area contributed by atoms with E-state index >= 15 is 0 Å². The largest absolute Gasteiger partial charge is 0.483 e. The standard InChI is InChI=1S/C26H29N3O3/c1-18-11-12-23(21(14-18)26(2,3)4)32-17-24(30)29-22-10-6-5-8-19(22)16-28-25(31)20-9-7-13-27-15-20/h5-15H,16-17H2,1-4H3,(H,28,31)(H,29,30). The minimum atomic E-state index is -0.267. The quantitative estimate of drug-likeness (QED) is 0.571. The van der Waals surface area contributed by atoms with Crippen LogP contribution >= 0.6 is 0 Å². The molecule has 166 valence electrons. The van der Waals surface area contributed by atoms with Gasteiger partial charge in [-0.3, -0.25) is 14.6 Å². The van der Waals surface area contributed by atoms with Crippen LogP contribution in [0.4, 0.5) is 5.69 Å². The van der Waals surface area contributed by atoms with Crippen LogP contribution in [0.25, 0.3) is 0 Å². The number of hydrogen-bond acceptors (Lipinski definition) is 4. The van der Waals surface area contributed by atoms with Gasteiger partial charge in [0, 0.05) is 24.6 Å². The summed E-state index contributed by atoms with van der Waals surface area (Å²) >= 11 is 0. The van der Waals surface area contributed by atoms with Crippen LogP contribution < -0.4 is 15.4 Å². The smallest absolute Gasteiger partial charge is 0.262 e. The van der Waals surface area contributed by atoms with Gasteiger partial charge < -0.3 is 15.4 Å². The highest BCUT2D eigenvalue weighted by Crippen LogP contribution is 2.32. The number of ether oxygens (including phenoxy) is 1. The first kappa shape index (κ1) is 23.0. The number of carbonyl (C=O) groups is 2. The summed E-state index contributed by atoms with van der Waals surface area (Å²) in [4.78, 5) is 28.8. The van der Waals surface area contributed by atoms with E-state index in [1.165, 1.54) is 6.20 Å². The molecule has 2 amide bonds. The van der Waals surface area contributed by atoms with E-state index in [-0.39, 0.29) is 30.4 Å². The molecule has 1 aromatic heterocycles. The van der Waals surface area contributed by atoms with E-state index in [4.69, 9.17) is 4.74 Å². The molecule has 0 aliphatic carbocycles. The number of rotatable bonds is 7. The molecule has 2 aromatic carbocycles. The summed E-state index contributed by atoms with van der Waals surface area (Å²) in [6, 6.07) is 16.7. The van der Waals surface area contributed by atoms with E-state index < -0.39 is 0 Å². The van der Waals surface area contributed by atoms with E-state index in [0.717, 1.165) is 16.7 Å². The first-order valence-electron chi connectivity index (χ1n) is 10.5. The van der Waals surface area contributed by atoms with E-state index in [9.17, 15) is 9.59 Å². The maximum atomic E-state index is 12.6. The Morgan fingerprint density at radius 3 is 2.53 bits per heavy atom. The molecule has 0 saturated heterocycles. The average molecular weight is 432 g/mol. The molecule has 6 nitrogen and oxygen atoms in total. The Labute approximate surface area is 189 Å². The first-order chi connectivity index (χ1) is 15.2. The van der Waals surface area contributed by atoms with Gasteiger partial charge in [0.1, 0.15) is 5.75 Å². The summed E-state index contributed by atoms with van der Waals surface area (Å²) < 4.78 is 5.86. The minimum Gasteiger partial charge on any atom is -0.483 e. The number of aromatic nitrogens is 1. The number of nitrogens with zero attached hydrogens (tertiary/aromatic N) is 1. The Morgan fingerprint density at radius 2 is 1.81 bits per heavy atom. The monoisotopic (exact) mass is 431 g/mol. The van der Waals surface area contributed by atoms with Crippen LogP contribution in [-0.2, 0) is 16.8 Å². The van der Waals surface area contributed by atoms with Gasteiger partial charge in [0.15, 0.2) is 6.61 Å². The van der Waals surface area contributed by atoms with Gasteiger partial charge in [-0.25, -0.2) is 0 Å². The zero-order chi connectivity index (χ0) is 23.1. The SMILES string of the molecule is Cc1ccc(OCC(=O)Nc2ccccc2CNC(=O)c2cccnc2)c(C(C)(C)C)c1. The maximum absolute atomic E-state index is 12.6. The number of nitrogens with one attached hydrogen (secondary N) is 2. The number of hydrogen-bond donors (Lipinski definition) is 2. The summed E-state index contributed by atoms with van der Waals surface area (Å²) in [5.74, 6) is 0.211. The molecule has 0 fully saturated rings. The number of aryl methyl sites for hydroxylation is 1. The van der Waals surface area contributed by atoms with Crippen LogP contribution in [-0.4, -0.2) is 23.4 Å². The fourth-order valence-electron chi connectivity index (χ4n) is 3.26. The van der Waals surface area contributed by atoms with E-state index in [1.54, 1.807) is 24.4 Å². The topological polar surface area (TPSA) is 80.3 Å². The molecule has 3 aromatic rings. The summed E-state index contributed by atoms with van der Waals surface area (Å²) in [6.45, 7) is 8.55. The Balaban J connectivity index is 1.62. The van der Waals surface area contributed by atoms with Gasteiger partial charge >= 0.3 is 0 Å². The molecule has 0 unspecified atom stereocenters. The fraction of sp³-hybridized carbons (Fsp3) is 0.269. The van der Waals surface area contributed by atoms with Crippen LogP contribution in [0.2, 0.25) is 0 Å². The van der Waals surface area contributed by atoms with Crippen molar-refractivity contribution >= 4 is 17.5 Å². The lowest BCUT2D eigenvalue weighted by atomic mass is 9.85. The predicted molar refractivity (Wildman–Crippen MR) is 126 cm³/mol. The van der Waals surface area contributed by atoms with Gasteiger partial charge in [0.2, 0.25) is 0 Å². The number of para-hydroxylation sites is 1. The molecule has 1 heterocycles. The summed E-state index contributed by atoms with van der Waals surface area (Å²) in [5.41, 5.74) is 4.01. The minimum absolute atomic E-state index is 0.100. The Bertz CT molecular complexity index is 1090. The lowest BCUT2D eigenvalue weighted by Crippen LogP contribution is -2.25. The highest BCUT2D eigenvalue weighted by Gasteiger charge is 2.20. The number of benzene rings is 2. The van der Waals surface area contributed by atoms with Crippen molar-refractivity contribution in [2.24, 2.45) is 0 Å². The van der Waals surface area contributed by atoms with Crippen LogP contribution in [0.15, 0.2) is 67.0 Å².